The van der Waals surface area contributed by atoms with E-state index in [1.807, 2.05) is 30.3 Å². The number of rotatable bonds is 7. The molecule has 118 valence electrons. The van der Waals surface area contributed by atoms with Gasteiger partial charge in [-0.2, -0.15) is 13.2 Å². The summed E-state index contributed by atoms with van der Waals surface area (Å²) < 4.78 is 40.1. The summed E-state index contributed by atoms with van der Waals surface area (Å²) in [7, 11) is 0. The molecule has 1 atom stereocenters. The van der Waals surface area contributed by atoms with Crippen molar-refractivity contribution in [3.8, 4) is 0 Å². The number of benzene rings is 1. The maximum absolute atomic E-state index is 11.9. The fourth-order valence-corrected chi connectivity index (χ4v) is 1.93. The van der Waals surface area contributed by atoms with E-state index in [0.29, 0.717) is 0 Å². The molecule has 1 amide bonds. The highest BCUT2D eigenvalue weighted by atomic mass is 35.5. The Labute approximate surface area is 126 Å². The van der Waals surface area contributed by atoms with Gasteiger partial charge in [0.1, 0.15) is 6.61 Å². The van der Waals surface area contributed by atoms with E-state index in [1.165, 1.54) is 0 Å². The molecule has 0 aliphatic heterocycles. The number of alkyl halides is 4. The lowest BCUT2D eigenvalue weighted by Crippen LogP contribution is -2.45. The number of ether oxygens (including phenoxy) is 1. The minimum Gasteiger partial charge on any atom is -0.372 e. The van der Waals surface area contributed by atoms with E-state index in [0.717, 1.165) is 5.56 Å². The zero-order chi connectivity index (χ0) is 15.9. The van der Waals surface area contributed by atoms with Crippen LogP contribution in [0.5, 0.6) is 0 Å². The first-order valence-electron chi connectivity index (χ1n) is 6.34. The lowest BCUT2D eigenvalue weighted by Gasteiger charge is -2.29. The summed E-state index contributed by atoms with van der Waals surface area (Å²) in [5.41, 5.74) is 0.0498. The summed E-state index contributed by atoms with van der Waals surface area (Å²) in [5, 5.41) is 2.72. The summed E-state index contributed by atoms with van der Waals surface area (Å²) in [6, 6.07) is 9.12. The highest BCUT2D eigenvalue weighted by Crippen LogP contribution is 2.22. The highest BCUT2D eigenvalue weighted by molar-refractivity contribution is 6.18. The predicted molar refractivity (Wildman–Crippen MR) is 74.1 cm³/mol. The maximum atomic E-state index is 11.9. The first kappa shape index (κ1) is 17.8. The van der Waals surface area contributed by atoms with E-state index in [4.69, 9.17) is 11.6 Å². The third-order valence-electron chi connectivity index (χ3n) is 2.83. The number of nitrogens with one attached hydrogen (secondary N) is 1. The lowest BCUT2D eigenvalue weighted by atomic mass is 9.94. The molecule has 1 unspecified atom stereocenters. The van der Waals surface area contributed by atoms with Gasteiger partial charge in [0.15, 0.2) is 0 Å². The second kappa shape index (κ2) is 7.66. The van der Waals surface area contributed by atoms with Crippen molar-refractivity contribution >= 4 is 17.5 Å². The van der Waals surface area contributed by atoms with E-state index < -0.39 is 24.2 Å². The van der Waals surface area contributed by atoms with Gasteiger partial charge in [0.25, 0.3) is 0 Å². The molecule has 0 aromatic heterocycles. The average molecular weight is 324 g/mol. The fraction of sp³-hybridized carbons (Fsp3) is 0.500. The summed E-state index contributed by atoms with van der Waals surface area (Å²) in [4.78, 5) is 11.8. The molecule has 21 heavy (non-hydrogen) atoms. The van der Waals surface area contributed by atoms with E-state index in [-0.39, 0.29) is 18.9 Å². The summed E-state index contributed by atoms with van der Waals surface area (Å²) in [6.07, 6.45) is -4.54. The predicted octanol–water partition coefficient (Wildman–Crippen LogP) is 3.23. The molecule has 1 rings (SSSR count). The van der Waals surface area contributed by atoms with Crippen molar-refractivity contribution in [1.82, 2.24) is 5.32 Å². The minimum atomic E-state index is -4.38. The zero-order valence-corrected chi connectivity index (χ0v) is 12.3. The molecule has 3 nitrogen and oxygen atoms in total. The summed E-state index contributed by atoms with van der Waals surface area (Å²) in [5.74, 6) is -0.268. The van der Waals surface area contributed by atoms with Gasteiger partial charge in [0.05, 0.1) is 12.1 Å². The number of amides is 1. The van der Waals surface area contributed by atoms with E-state index >= 15 is 0 Å². The van der Waals surface area contributed by atoms with E-state index in [9.17, 15) is 18.0 Å². The van der Waals surface area contributed by atoms with Crippen molar-refractivity contribution in [2.24, 2.45) is 0 Å². The standard InChI is InChI=1S/C14H17ClF3NO2/c1-13(9-15,11-5-3-2-4-6-11)19-12(20)7-8-21-10-14(16,17)18/h2-6H,7-10H2,1H3,(H,19,20). The number of hydrogen-bond donors (Lipinski definition) is 1. The first-order chi connectivity index (χ1) is 9.77. The molecular weight excluding hydrogens is 307 g/mol. The monoisotopic (exact) mass is 323 g/mol. The van der Waals surface area contributed by atoms with Crippen molar-refractivity contribution in [1.29, 1.82) is 0 Å². The Bertz CT molecular complexity index is 453. The smallest absolute Gasteiger partial charge is 0.372 e. The Morgan fingerprint density at radius 1 is 1.29 bits per heavy atom. The van der Waals surface area contributed by atoms with Crippen LogP contribution in [0.25, 0.3) is 0 Å². The Kier molecular flexibility index (Phi) is 6.48. The third-order valence-corrected chi connectivity index (χ3v) is 3.37. The molecule has 0 aliphatic rings. The molecule has 0 spiro atoms. The second-order valence-corrected chi connectivity index (χ2v) is 5.06. The molecule has 0 aliphatic carbocycles. The molecular formula is C14H17ClF3NO2. The molecule has 1 N–H and O–H groups in total. The normalized spacial score (nSPS) is 14.5. The largest absolute Gasteiger partial charge is 0.411 e. The number of carbonyl (C=O) groups excluding carboxylic acids is 1. The SMILES string of the molecule is CC(CCl)(NC(=O)CCOCC(F)(F)F)c1ccccc1. The van der Waals surface area contributed by atoms with Crippen LogP contribution in [0.2, 0.25) is 0 Å². The van der Waals surface area contributed by atoms with Gasteiger partial charge in [-0.3, -0.25) is 4.79 Å². The van der Waals surface area contributed by atoms with Crippen LogP contribution in [0.1, 0.15) is 18.9 Å². The molecule has 7 heteroatoms. The van der Waals surface area contributed by atoms with Crippen LogP contribution in [-0.4, -0.2) is 31.2 Å². The van der Waals surface area contributed by atoms with Crippen LogP contribution in [0.15, 0.2) is 30.3 Å². The van der Waals surface area contributed by atoms with Crippen LogP contribution in [0, 0.1) is 0 Å². The quantitative estimate of drug-likeness (QED) is 0.618. The van der Waals surface area contributed by atoms with Crippen molar-refractivity contribution in [3.05, 3.63) is 35.9 Å². The lowest BCUT2D eigenvalue weighted by molar-refractivity contribution is -0.174. The van der Waals surface area contributed by atoms with Crippen LogP contribution >= 0.6 is 11.6 Å². The third kappa shape index (κ3) is 6.35. The summed E-state index contributed by atoms with van der Waals surface area (Å²) >= 11 is 5.91. The Morgan fingerprint density at radius 2 is 1.90 bits per heavy atom. The van der Waals surface area contributed by atoms with Gasteiger partial charge < -0.3 is 10.1 Å². The molecule has 0 saturated carbocycles. The van der Waals surface area contributed by atoms with E-state index in [2.05, 4.69) is 10.1 Å². The molecule has 0 saturated heterocycles. The Hall–Kier alpha value is -1.27. The van der Waals surface area contributed by atoms with Crippen molar-refractivity contribution in [2.45, 2.75) is 25.1 Å². The van der Waals surface area contributed by atoms with Gasteiger partial charge in [0.2, 0.25) is 5.91 Å². The fourth-order valence-electron chi connectivity index (χ4n) is 1.71. The van der Waals surface area contributed by atoms with Gasteiger partial charge >= 0.3 is 6.18 Å². The highest BCUT2D eigenvalue weighted by Gasteiger charge is 2.29. The molecule has 1 aromatic carbocycles. The second-order valence-electron chi connectivity index (χ2n) is 4.80. The number of hydrogen-bond acceptors (Lipinski definition) is 2. The summed E-state index contributed by atoms with van der Waals surface area (Å²) in [6.45, 7) is 0.105. The molecule has 0 radical (unpaired) electrons. The Morgan fingerprint density at radius 3 is 2.43 bits per heavy atom. The van der Waals surface area contributed by atoms with Crippen LogP contribution in [-0.2, 0) is 15.1 Å². The molecule has 0 bridgehead atoms. The Balaban J connectivity index is 2.48. The van der Waals surface area contributed by atoms with Crippen LogP contribution in [0.4, 0.5) is 13.2 Å². The first-order valence-corrected chi connectivity index (χ1v) is 6.87. The molecule has 0 fully saturated rings. The number of halogens is 4. The van der Waals surface area contributed by atoms with Crippen molar-refractivity contribution in [3.63, 3.8) is 0 Å². The van der Waals surface area contributed by atoms with E-state index in [1.54, 1.807) is 6.92 Å². The van der Waals surface area contributed by atoms with Gasteiger partial charge in [-0.1, -0.05) is 30.3 Å². The maximum Gasteiger partial charge on any atom is 0.411 e. The average Bonchev–Trinajstić information content (AvgIpc) is 2.43. The topological polar surface area (TPSA) is 38.3 Å². The van der Waals surface area contributed by atoms with Crippen LogP contribution < -0.4 is 5.32 Å². The van der Waals surface area contributed by atoms with Gasteiger partial charge in [-0.05, 0) is 12.5 Å². The number of carbonyl (C=O) groups is 1. The van der Waals surface area contributed by atoms with Crippen LogP contribution in [0.3, 0.4) is 0 Å². The van der Waals surface area contributed by atoms with Crippen molar-refractivity contribution < 1.29 is 22.7 Å². The van der Waals surface area contributed by atoms with Gasteiger partial charge in [0, 0.05) is 12.3 Å². The van der Waals surface area contributed by atoms with Gasteiger partial charge in [-0.15, -0.1) is 11.6 Å². The molecule has 0 heterocycles. The molecule has 1 aromatic rings. The minimum absolute atomic E-state index is 0.145. The zero-order valence-electron chi connectivity index (χ0n) is 11.5. The van der Waals surface area contributed by atoms with Crippen molar-refractivity contribution in [2.75, 3.05) is 19.1 Å². The van der Waals surface area contributed by atoms with Gasteiger partial charge in [-0.25, -0.2) is 0 Å².